The Morgan fingerprint density at radius 3 is 2.83 bits per heavy atom. The first-order chi connectivity index (χ1) is 8.56. The third-order valence-corrected chi connectivity index (χ3v) is 4.12. The summed E-state index contributed by atoms with van der Waals surface area (Å²) in [6.07, 6.45) is 2.69. The van der Waals surface area contributed by atoms with Crippen molar-refractivity contribution in [2.75, 3.05) is 0 Å². The molecule has 0 radical (unpaired) electrons. The zero-order valence-electron chi connectivity index (χ0n) is 9.06. The Morgan fingerprint density at radius 2 is 2.11 bits per heavy atom. The molecule has 0 unspecified atom stereocenters. The van der Waals surface area contributed by atoms with Crippen LogP contribution in [0, 0.1) is 0 Å². The molecule has 0 saturated heterocycles. The first-order valence-electron chi connectivity index (χ1n) is 5.02. The Balaban J connectivity index is 2.35. The first-order valence-corrected chi connectivity index (χ1v) is 7.01. The summed E-state index contributed by atoms with van der Waals surface area (Å²) in [6.45, 7) is 0. The normalized spacial score (nSPS) is 11.0. The maximum absolute atomic E-state index is 10.4. The van der Waals surface area contributed by atoms with E-state index in [-0.39, 0.29) is 0 Å². The van der Waals surface area contributed by atoms with Crippen LogP contribution in [0.1, 0.15) is 4.88 Å². The summed E-state index contributed by atoms with van der Waals surface area (Å²) in [5.74, 6) is -0.953. The quantitative estimate of drug-likeness (QED) is 0.802. The summed E-state index contributed by atoms with van der Waals surface area (Å²) in [5.41, 5.74) is 0.936. The molecule has 0 saturated carbocycles. The van der Waals surface area contributed by atoms with E-state index in [1.807, 2.05) is 30.3 Å². The summed E-state index contributed by atoms with van der Waals surface area (Å²) < 4.78 is 0.956. The van der Waals surface area contributed by atoms with Crippen molar-refractivity contribution in [1.29, 1.82) is 0 Å². The Kier molecular flexibility index (Phi) is 4.22. The Hall–Kier alpha value is -1.10. The third-order valence-electron chi connectivity index (χ3n) is 2.21. The Labute approximate surface area is 122 Å². The van der Waals surface area contributed by atoms with Gasteiger partial charge in [-0.15, -0.1) is 11.3 Å². The molecule has 1 aromatic heterocycles. The van der Waals surface area contributed by atoms with Crippen molar-refractivity contribution >= 4 is 50.9 Å². The molecule has 18 heavy (non-hydrogen) atoms. The molecule has 1 aromatic carbocycles. The Bertz CT molecular complexity index is 619. The minimum Gasteiger partial charge on any atom is -0.478 e. The van der Waals surface area contributed by atoms with E-state index in [0.717, 1.165) is 25.9 Å². The fraction of sp³-hybridized carbons (Fsp3) is 0. The SMILES string of the molecule is O=C(O)/C=C/c1ccc(-c2cc(Br)ccc2Cl)s1. The van der Waals surface area contributed by atoms with Crippen LogP contribution in [0.2, 0.25) is 5.02 Å². The van der Waals surface area contributed by atoms with Gasteiger partial charge in [0.05, 0.1) is 0 Å². The van der Waals surface area contributed by atoms with Gasteiger partial charge in [0.1, 0.15) is 0 Å². The average molecular weight is 344 g/mol. The fourth-order valence-electron chi connectivity index (χ4n) is 1.43. The van der Waals surface area contributed by atoms with Gasteiger partial charge in [0.25, 0.3) is 0 Å². The maximum Gasteiger partial charge on any atom is 0.328 e. The third kappa shape index (κ3) is 3.22. The van der Waals surface area contributed by atoms with Gasteiger partial charge >= 0.3 is 5.97 Å². The second-order valence-electron chi connectivity index (χ2n) is 3.50. The number of halogens is 2. The zero-order valence-corrected chi connectivity index (χ0v) is 12.2. The summed E-state index contributed by atoms with van der Waals surface area (Å²) in [6, 6.07) is 9.45. The largest absolute Gasteiger partial charge is 0.478 e. The van der Waals surface area contributed by atoms with E-state index in [4.69, 9.17) is 16.7 Å². The molecule has 0 aliphatic rings. The van der Waals surface area contributed by atoms with Gasteiger partial charge in [-0.05, 0) is 36.4 Å². The highest BCUT2D eigenvalue weighted by Gasteiger charge is 2.06. The predicted molar refractivity (Wildman–Crippen MR) is 79.1 cm³/mol. The minimum atomic E-state index is -0.953. The van der Waals surface area contributed by atoms with Crippen LogP contribution in [0.4, 0.5) is 0 Å². The molecule has 0 amide bonds. The molecule has 0 spiro atoms. The van der Waals surface area contributed by atoms with Crippen LogP contribution < -0.4 is 0 Å². The number of hydrogen-bond acceptors (Lipinski definition) is 2. The lowest BCUT2D eigenvalue weighted by Crippen LogP contribution is -1.84. The van der Waals surface area contributed by atoms with Crippen molar-refractivity contribution in [2.24, 2.45) is 0 Å². The Morgan fingerprint density at radius 1 is 1.33 bits per heavy atom. The number of carboxylic acid groups (broad SMARTS) is 1. The molecule has 5 heteroatoms. The van der Waals surface area contributed by atoms with Crippen molar-refractivity contribution in [3.63, 3.8) is 0 Å². The van der Waals surface area contributed by atoms with Crippen molar-refractivity contribution in [3.05, 3.63) is 50.8 Å². The van der Waals surface area contributed by atoms with Crippen molar-refractivity contribution in [3.8, 4) is 10.4 Å². The summed E-state index contributed by atoms with van der Waals surface area (Å²) >= 11 is 11.0. The summed E-state index contributed by atoms with van der Waals surface area (Å²) in [5, 5.41) is 9.24. The molecule has 92 valence electrons. The lowest BCUT2D eigenvalue weighted by atomic mass is 10.2. The molecular formula is C13H8BrClO2S. The number of carboxylic acids is 1. The van der Waals surface area contributed by atoms with E-state index in [9.17, 15) is 4.79 Å². The van der Waals surface area contributed by atoms with Gasteiger partial charge in [-0.1, -0.05) is 27.5 Å². The monoisotopic (exact) mass is 342 g/mol. The van der Waals surface area contributed by atoms with E-state index in [2.05, 4.69) is 15.9 Å². The number of hydrogen-bond donors (Lipinski definition) is 1. The van der Waals surface area contributed by atoms with Gasteiger partial charge in [0, 0.05) is 30.9 Å². The van der Waals surface area contributed by atoms with Gasteiger partial charge in [-0.2, -0.15) is 0 Å². The molecule has 1 N–H and O–H groups in total. The molecule has 2 rings (SSSR count). The second kappa shape index (κ2) is 5.69. The number of aliphatic carboxylic acids is 1. The van der Waals surface area contributed by atoms with Crippen LogP contribution >= 0.6 is 38.9 Å². The van der Waals surface area contributed by atoms with Crippen LogP contribution in [-0.2, 0) is 4.79 Å². The van der Waals surface area contributed by atoms with Crippen LogP contribution in [0.15, 0.2) is 40.9 Å². The topological polar surface area (TPSA) is 37.3 Å². The highest BCUT2D eigenvalue weighted by atomic mass is 79.9. The van der Waals surface area contributed by atoms with Gasteiger partial charge < -0.3 is 5.11 Å². The first kappa shape index (κ1) is 13.3. The van der Waals surface area contributed by atoms with Gasteiger partial charge in [0.2, 0.25) is 0 Å². The van der Waals surface area contributed by atoms with E-state index < -0.39 is 5.97 Å². The van der Waals surface area contributed by atoms with Gasteiger partial charge in [0.15, 0.2) is 0 Å². The van der Waals surface area contributed by atoms with E-state index >= 15 is 0 Å². The summed E-state index contributed by atoms with van der Waals surface area (Å²) in [4.78, 5) is 12.3. The van der Waals surface area contributed by atoms with Crippen LogP contribution in [-0.4, -0.2) is 11.1 Å². The smallest absolute Gasteiger partial charge is 0.328 e. The molecule has 0 fully saturated rings. The summed E-state index contributed by atoms with van der Waals surface area (Å²) in [7, 11) is 0. The van der Waals surface area contributed by atoms with Gasteiger partial charge in [-0.3, -0.25) is 0 Å². The molecule has 0 aliphatic heterocycles. The standard InChI is InChI=1S/C13H8BrClO2S/c14-8-1-4-11(15)10(7-8)12-5-2-9(18-12)3-6-13(16)17/h1-7H,(H,16,17)/b6-3+. The van der Waals surface area contributed by atoms with Crippen molar-refractivity contribution in [2.45, 2.75) is 0 Å². The van der Waals surface area contributed by atoms with Crippen molar-refractivity contribution < 1.29 is 9.90 Å². The zero-order chi connectivity index (χ0) is 13.1. The molecule has 0 bridgehead atoms. The lowest BCUT2D eigenvalue weighted by Gasteiger charge is -2.01. The number of rotatable bonds is 3. The second-order valence-corrected chi connectivity index (χ2v) is 5.94. The molecule has 2 nitrogen and oxygen atoms in total. The number of carbonyl (C=O) groups is 1. The fourth-order valence-corrected chi connectivity index (χ4v) is 3.00. The minimum absolute atomic E-state index is 0.675. The molecular weight excluding hydrogens is 336 g/mol. The maximum atomic E-state index is 10.4. The molecule has 0 aliphatic carbocycles. The predicted octanol–water partition coefficient (Wildman–Crippen LogP) is 4.93. The lowest BCUT2D eigenvalue weighted by molar-refractivity contribution is -0.131. The van der Waals surface area contributed by atoms with Crippen LogP contribution in [0.3, 0.4) is 0 Å². The molecule has 2 aromatic rings. The van der Waals surface area contributed by atoms with Crippen molar-refractivity contribution in [1.82, 2.24) is 0 Å². The highest BCUT2D eigenvalue weighted by Crippen LogP contribution is 2.35. The van der Waals surface area contributed by atoms with E-state index in [0.29, 0.717) is 5.02 Å². The molecule has 0 atom stereocenters. The highest BCUT2D eigenvalue weighted by molar-refractivity contribution is 9.10. The average Bonchev–Trinajstić information content (AvgIpc) is 2.78. The number of thiophene rings is 1. The van der Waals surface area contributed by atoms with Crippen LogP contribution in [0.25, 0.3) is 16.5 Å². The van der Waals surface area contributed by atoms with Gasteiger partial charge in [-0.25, -0.2) is 4.79 Å². The van der Waals surface area contributed by atoms with E-state index in [1.165, 1.54) is 11.3 Å². The van der Waals surface area contributed by atoms with E-state index in [1.54, 1.807) is 6.08 Å². The van der Waals surface area contributed by atoms with Crippen LogP contribution in [0.5, 0.6) is 0 Å². The number of benzene rings is 1. The molecule has 1 heterocycles.